The molecule has 1 aliphatic rings. The quantitative estimate of drug-likeness (QED) is 0.549. The zero-order valence-electron chi connectivity index (χ0n) is 19.4. The number of hydrogen-bond acceptors (Lipinski definition) is 5. The van der Waals surface area contributed by atoms with Crippen molar-refractivity contribution in [3.8, 4) is 0 Å². The van der Waals surface area contributed by atoms with Crippen molar-refractivity contribution in [1.82, 2.24) is 9.21 Å². The van der Waals surface area contributed by atoms with E-state index in [0.29, 0.717) is 31.1 Å². The van der Waals surface area contributed by atoms with Gasteiger partial charge in [0.2, 0.25) is 10.0 Å². The van der Waals surface area contributed by atoms with Gasteiger partial charge in [0, 0.05) is 31.7 Å². The molecule has 0 radical (unpaired) electrons. The van der Waals surface area contributed by atoms with Crippen molar-refractivity contribution in [2.24, 2.45) is 11.8 Å². The molecular formula is C25H32N2O5S. The molecule has 8 heteroatoms. The van der Waals surface area contributed by atoms with Gasteiger partial charge in [0.15, 0.2) is 0 Å². The van der Waals surface area contributed by atoms with E-state index in [4.69, 9.17) is 4.74 Å². The van der Waals surface area contributed by atoms with Crippen LogP contribution in [0.25, 0.3) is 0 Å². The van der Waals surface area contributed by atoms with Gasteiger partial charge in [0.25, 0.3) is 5.91 Å². The highest BCUT2D eigenvalue weighted by Gasteiger charge is 2.29. The number of benzene rings is 2. The molecule has 1 unspecified atom stereocenters. The number of esters is 1. The lowest BCUT2D eigenvalue weighted by molar-refractivity contribution is -0.145. The molecule has 2 aromatic rings. The van der Waals surface area contributed by atoms with Gasteiger partial charge in [-0.3, -0.25) is 9.59 Å². The number of ether oxygens (including phenoxy) is 1. The maximum atomic E-state index is 13.3. The second-order valence-electron chi connectivity index (χ2n) is 8.71. The van der Waals surface area contributed by atoms with Crippen LogP contribution in [0.5, 0.6) is 0 Å². The van der Waals surface area contributed by atoms with Gasteiger partial charge < -0.3 is 9.64 Å². The van der Waals surface area contributed by atoms with Crippen LogP contribution < -0.4 is 0 Å². The van der Waals surface area contributed by atoms with Crippen LogP contribution in [0.1, 0.15) is 42.6 Å². The molecule has 33 heavy (non-hydrogen) atoms. The molecule has 2 aromatic carbocycles. The molecule has 0 aliphatic carbocycles. The number of carbonyl (C=O) groups excluding carboxylic acids is 2. The fourth-order valence-electron chi connectivity index (χ4n) is 3.96. The van der Waals surface area contributed by atoms with Gasteiger partial charge in [0.1, 0.15) is 0 Å². The summed E-state index contributed by atoms with van der Waals surface area (Å²) in [5, 5.41) is 0. The minimum absolute atomic E-state index is 0.186. The largest absolute Gasteiger partial charge is 0.469 e. The maximum absolute atomic E-state index is 13.3. The monoisotopic (exact) mass is 472 g/mol. The summed E-state index contributed by atoms with van der Waals surface area (Å²) in [7, 11) is -2.26. The van der Waals surface area contributed by atoms with Crippen LogP contribution in [0.2, 0.25) is 0 Å². The third-order valence-corrected chi connectivity index (χ3v) is 8.00. The standard InChI is InChI=1S/C25H32N2O5S/c1-19-13-15-27(16-14-19)33(30,31)23-11-9-22(10-12-23)24(28)26(17-20(2)25(29)32-3)18-21-7-5-4-6-8-21/h4-12,19-20H,13-18H2,1-3H3. The van der Waals surface area contributed by atoms with E-state index in [9.17, 15) is 18.0 Å². The fourth-order valence-corrected chi connectivity index (χ4v) is 5.43. The molecule has 0 saturated carbocycles. The molecule has 1 atom stereocenters. The lowest BCUT2D eigenvalue weighted by Gasteiger charge is -2.29. The molecule has 1 heterocycles. The summed E-state index contributed by atoms with van der Waals surface area (Å²) in [5.74, 6) is -0.633. The van der Waals surface area contributed by atoms with Crippen molar-refractivity contribution in [3.05, 3.63) is 65.7 Å². The molecule has 7 nitrogen and oxygen atoms in total. The Bertz CT molecular complexity index is 1050. The maximum Gasteiger partial charge on any atom is 0.310 e. The predicted molar refractivity (Wildman–Crippen MR) is 126 cm³/mol. The van der Waals surface area contributed by atoms with Crippen LogP contribution in [0, 0.1) is 11.8 Å². The Morgan fingerprint density at radius 2 is 1.67 bits per heavy atom. The number of amides is 1. The highest BCUT2D eigenvalue weighted by molar-refractivity contribution is 7.89. The average molecular weight is 473 g/mol. The number of nitrogens with zero attached hydrogens (tertiary/aromatic N) is 2. The van der Waals surface area contributed by atoms with Gasteiger partial charge in [-0.1, -0.05) is 44.2 Å². The minimum Gasteiger partial charge on any atom is -0.469 e. The Morgan fingerprint density at radius 1 is 1.06 bits per heavy atom. The summed E-state index contributed by atoms with van der Waals surface area (Å²) in [4.78, 5) is 27.0. The number of rotatable bonds is 8. The van der Waals surface area contributed by atoms with Crippen molar-refractivity contribution in [1.29, 1.82) is 0 Å². The SMILES string of the molecule is COC(=O)C(C)CN(Cc1ccccc1)C(=O)c1ccc(S(=O)(=O)N2CCC(C)CC2)cc1. The lowest BCUT2D eigenvalue weighted by atomic mass is 10.0. The molecule has 3 rings (SSSR count). The number of carbonyl (C=O) groups is 2. The Kier molecular flexibility index (Phi) is 8.26. The van der Waals surface area contributed by atoms with Crippen molar-refractivity contribution >= 4 is 21.9 Å². The summed E-state index contributed by atoms with van der Waals surface area (Å²) < 4.78 is 32.3. The number of methoxy groups -OCH3 is 1. The fraction of sp³-hybridized carbons (Fsp3) is 0.440. The Hall–Kier alpha value is -2.71. The van der Waals surface area contributed by atoms with E-state index in [-0.39, 0.29) is 17.3 Å². The zero-order chi connectivity index (χ0) is 24.0. The first-order chi connectivity index (χ1) is 15.7. The van der Waals surface area contributed by atoms with E-state index >= 15 is 0 Å². The van der Waals surface area contributed by atoms with E-state index in [0.717, 1.165) is 18.4 Å². The van der Waals surface area contributed by atoms with Gasteiger partial charge in [-0.15, -0.1) is 0 Å². The molecular weight excluding hydrogens is 440 g/mol. The van der Waals surface area contributed by atoms with Gasteiger partial charge >= 0.3 is 5.97 Å². The Balaban J connectivity index is 1.79. The summed E-state index contributed by atoms with van der Waals surface area (Å²) >= 11 is 0. The van der Waals surface area contributed by atoms with Crippen molar-refractivity contribution in [3.63, 3.8) is 0 Å². The first kappa shape index (κ1) is 24.9. The third-order valence-electron chi connectivity index (χ3n) is 6.08. The van der Waals surface area contributed by atoms with E-state index < -0.39 is 21.9 Å². The van der Waals surface area contributed by atoms with Crippen molar-refractivity contribution in [2.45, 2.75) is 38.1 Å². The molecule has 1 aliphatic heterocycles. The summed E-state index contributed by atoms with van der Waals surface area (Å²) in [6.07, 6.45) is 1.70. The molecule has 1 saturated heterocycles. The van der Waals surface area contributed by atoms with Gasteiger partial charge in [-0.2, -0.15) is 4.31 Å². The summed E-state index contributed by atoms with van der Waals surface area (Å²) in [5.41, 5.74) is 1.30. The number of piperidine rings is 1. The smallest absolute Gasteiger partial charge is 0.310 e. The highest BCUT2D eigenvalue weighted by atomic mass is 32.2. The predicted octanol–water partition coefficient (Wildman–Crippen LogP) is 3.56. The lowest BCUT2D eigenvalue weighted by Crippen LogP contribution is -2.38. The third kappa shape index (κ3) is 6.21. The van der Waals surface area contributed by atoms with E-state index in [1.165, 1.54) is 23.5 Å². The molecule has 1 amide bonds. The average Bonchev–Trinajstić information content (AvgIpc) is 2.83. The van der Waals surface area contributed by atoms with Crippen LogP contribution in [-0.4, -0.2) is 56.2 Å². The molecule has 0 spiro atoms. The molecule has 1 fully saturated rings. The molecule has 178 valence electrons. The van der Waals surface area contributed by atoms with Crippen LogP contribution in [-0.2, 0) is 26.1 Å². The van der Waals surface area contributed by atoms with E-state index in [2.05, 4.69) is 6.92 Å². The van der Waals surface area contributed by atoms with Gasteiger partial charge in [-0.25, -0.2) is 8.42 Å². The van der Waals surface area contributed by atoms with E-state index in [1.807, 2.05) is 30.3 Å². The first-order valence-electron chi connectivity index (χ1n) is 11.2. The summed E-state index contributed by atoms with van der Waals surface area (Å²) in [6.45, 7) is 5.39. The van der Waals surface area contributed by atoms with Crippen LogP contribution >= 0.6 is 0 Å². The molecule has 0 bridgehead atoms. The van der Waals surface area contributed by atoms with Crippen molar-refractivity contribution < 1.29 is 22.7 Å². The second kappa shape index (κ2) is 10.9. The molecule has 0 aromatic heterocycles. The van der Waals surface area contributed by atoms with Gasteiger partial charge in [-0.05, 0) is 48.6 Å². The Morgan fingerprint density at radius 3 is 2.24 bits per heavy atom. The number of sulfonamides is 1. The highest BCUT2D eigenvalue weighted by Crippen LogP contribution is 2.24. The van der Waals surface area contributed by atoms with E-state index in [1.54, 1.807) is 24.0 Å². The topological polar surface area (TPSA) is 84.0 Å². The van der Waals surface area contributed by atoms with Crippen LogP contribution in [0.15, 0.2) is 59.5 Å². The Labute approximate surface area is 196 Å². The molecule has 0 N–H and O–H groups in total. The second-order valence-corrected chi connectivity index (χ2v) is 10.6. The normalized spacial score (nSPS) is 16.2. The number of hydrogen-bond donors (Lipinski definition) is 0. The minimum atomic E-state index is -3.58. The van der Waals surface area contributed by atoms with Crippen LogP contribution in [0.3, 0.4) is 0 Å². The zero-order valence-corrected chi connectivity index (χ0v) is 20.3. The summed E-state index contributed by atoms with van der Waals surface area (Å²) in [6, 6.07) is 15.6. The van der Waals surface area contributed by atoms with Crippen LogP contribution in [0.4, 0.5) is 0 Å². The van der Waals surface area contributed by atoms with Crippen molar-refractivity contribution in [2.75, 3.05) is 26.7 Å². The first-order valence-corrected chi connectivity index (χ1v) is 12.7. The van der Waals surface area contributed by atoms with Gasteiger partial charge in [0.05, 0.1) is 17.9 Å².